The van der Waals surface area contributed by atoms with Gasteiger partial charge in [-0.15, -0.1) is 11.3 Å². The number of carbonyl (C=O) groups is 1. The maximum absolute atomic E-state index is 13.2. The third-order valence-corrected chi connectivity index (χ3v) is 6.52. The van der Waals surface area contributed by atoms with E-state index in [1.807, 2.05) is 71.8 Å². The van der Waals surface area contributed by atoms with Crippen molar-refractivity contribution in [3.8, 4) is 5.75 Å². The van der Waals surface area contributed by atoms with Crippen LogP contribution in [0.4, 0.5) is 0 Å². The summed E-state index contributed by atoms with van der Waals surface area (Å²) in [5.74, 6) is 0.969. The summed E-state index contributed by atoms with van der Waals surface area (Å²) in [6, 6.07) is 17.9. The summed E-state index contributed by atoms with van der Waals surface area (Å²) in [4.78, 5) is 22.2. The maximum atomic E-state index is 13.2. The Hall–Kier alpha value is -2.74. The van der Waals surface area contributed by atoms with E-state index in [0.717, 1.165) is 54.9 Å². The summed E-state index contributed by atoms with van der Waals surface area (Å²) in [5, 5.41) is 2.95. The van der Waals surface area contributed by atoms with E-state index in [1.165, 1.54) is 5.56 Å². The molecule has 0 unspecified atom stereocenters. The number of rotatable bonds is 10. The fourth-order valence-electron chi connectivity index (χ4n) is 3.79. The van der Waals surface area contributed by atoms with Crippen LogP contribution in [0.1, 0.15) is 21.8 Å². The lowest BCUT2D eigenvalue weighted by Crippen LogP contribution is -2.43. The number of amides is 1. The number of ether oxygens (including phenoxy) is 2. The Morgan fingerprint density at radius 1 is 1.15 bits per heavy atom. The number of carbonyl (C=O) groups excluding carboxylic acids is 1. The first-order chi connectivity index (χ1) is 16.2. The normalized spacial score (nSPS) is 14.2. The molecule has 0 saturated carbocycles. The predicted octanol–water partition coefficient (Wildman–Crippen LogP) is 3.93. The number of aryl methyl sites for hydroxylation is 1. The van der Waals surface area contributed by atoms with Gasteiger partial charge in [0.2, 0.25) is 5.91 Å². The lowest BCUT2D eigenvalue weighted by Gasteiger charge is -2.30. The second-order valence-corrected chi connectivity index (χ2v) is 9.21. The Kier molecular flexibility index (Phi) is 8.47. The van der Waals surface area contributed by atoms with Crippen LogP contribution in [-0.4, -0.2) is 60.1 Å². The molecule has 1 aliphatic rings. The molecule has 0 N–H and O–H groups in total. The van der Waals surface area contributed by atoms with Crippen LogP contribution < -0.4 is 4.74 Å². The molecule has 2 aromatic carbocycles. The molecule has 3 aromatic rings. The first kappa shape index (κ1) is 23.4. The van der Waals surface area contributed by atoms with Crippen LogP contribution in [0.25, 0.3) is 0 Å². The second kappa shape index (κ2) is 11.9. The van der Waals surface area contributed by atoms with Crippen molar-refractivity contribution in [1.29, 1.82) is 0 Å². The van der Waals surface area contributed by atoms with E-state index in [9.17, 15) is 4.79 Å². The highest BCUT2D eigenvalue weighted by atomic mass is 32.1. The van der Waals surface area contributed by atoms with Crippen LogP contribution in [0.3, 0.4) is 0 Å². The first-order valence-corrected chi connectivity index (χ1v) is 12.3. The number of hydrogen-bond donors (Lipinski definition) is 0. The SMILES string of the molecule is Cc1cccc(OCc2nc(CN(CCN3CCOCC3)C(=O)Cc3ccccc3)cs2)c1. The van der Waals surface area contributed by atoms with E-state index in [2.05, 4.69) is 4.90 Å². The minimum Gasteiger partial charge on any atom is -0.486 e. The maximum Gasteiger partial charge on any atom is 0.227 e. The van der Waals surface area contributed by atoms with Crippen molar-refractivity contribution < 1.29 is 14.3 Å². The van der Waals surface area contributed by atoms with Gasteiger partial charge in [-0.05, 0) is 30.2 Å². The van der Waals surface area contributed by atoms with Gasteiger partial charge in [0.05, 0.1) is 31.9 Å². The summed E-state index contributed by atoms with van der Waals surface area (Å²) >= 11 is 1.58. The van der Waals surface area contributed by atoms with E-state index in [1.54, 1.807) is 11.3 Å². The molecule has 1 saturated heterocycles. The van der Waals surface area contributed by atoms with Crippen molar-refractivity contribution in [2.24, 2.45) is 0 Å². The highest BCUT2D eigenvalue weighted by Crippen LogP contribution is 2.18. The molecular weight excluding hydrogens is 434 g/mol. The molecule has 1 aromatic heterocycles. The van der Waals surface area contributed by atoms with E-state index in [4.69, 9.17) is 14.5 Å². The minimum atomic E-state index is 0.125. The van der Waals surface area contributed by atoms with E-state index in [-0.39, 0.29) is 5.91 Å². The number of nitrogens with zero attached hydrogens (tertiary/aromatic N) is 3. The minimum absolute atomic E-state index is 0.125. The van der Waals surface area contributed by atoms with Gasteiger partial charge < -0.3 is 14.4 Å². The van der Waals surface area contributed by atoms with Gasteiger partial charge in [0, 0.05) is 31.6 Å². The van der Waals surface area contributed by atoms with Crippen LogP contribution in [-0.2, 0) is 29.1 Å². The van der Waals surface area contributed by atoms with Gasteiger partial charge in [-0.2, -0.15) is 0 Å². The highest BCUT2D eigenvalue weighted by Gasteiger charge is 2.19. The summed E-state index contributed by atoms with van der Waals surface area (Å²) in [6.45, 7) is 7.86. The summed E-state index contributed by atoms with van der Waals surface area (Å²) in [5.41, 5.74) is 3.11. The molecule has 0 atom stereocenters. The number of benzene rings is 2. The van der Waals surface area contributed by atoms with E-state index in [0.29, 0.717) is 26.1 Å². The zero-order chi connectivity index (χ0) is 22.9. The van der Waals surface area contributed by atoms with Crippen LogP contribution in [0, 0.1) is 6.92 Å². The van der Waals surface area contributed by atoms with Crippen LogP contribution in [0.15, 0.2) is 60.0 Å². The molecule has 0 bridgehead atoms. The molecule has 0 radical (unpaired) electrons. The number of morpholine rings is 1. The van der Waals surface area contributed by atoms with Gasteiger partial charge in [-0.25, -0.2) is 4.98 Å². The van der Waals surface area contributed by atoms with Crippen molar-refractivity contribution in [2.45, 2.75) is 26.5 Å². The van der Waals surface area contributed by atoms with Crippen LogP contribution in [0.5, 0.6) is 5.75 Å². The average molecular weight is 466 g/mol. The Morgan fingerprint density at radius 2 is 1.97 bits per heavy atom. The lowest BCUT2D eigenvalue weighted by atomic mass is 10.1. The summed E-state index contributed by atoms with van der Waals surface area (Å²) in [7, 11) is 0. The third kappa shape index (κ3) is 7.39. The predicted molar refractivity (Wildman–Crippen MR) is 130 cm³/mol. The molecule has 174 valence electrons. The Labute approximate surface area is 199 Å². The fourth-order valence-corrected chi connectivity index (χ4v) is 4.49. The van der Waals surface area contributed by atoms with Crippen molar-refractivity contribution in [3.63, 3.8) is 0 Å². The summed E-state index contributed by atoms with van der Waals surface area (Å²) in [6.07, 6.45) is 0.400. The molecule has 1 aliphatic heterocycles. The van der Waals surface area contributed by atoms with Crippen molar-refractivity contribution >= 4 is 17.2 Å². The van der Waals surface area contributed by atoms with Gasteiger partial charge in [-0.3, -0.25) is 9.69 Å². The molecule has 0 aliphatic carbocycles. The molecule has 33 heavy (non-hydrogen) atoms. The molecule has 1 amide bonds. The highest BCUT2D eigenvalue weighted by molar-refractivity contribution is 7.09. The Balaban J connectivity index is 1.37. The smallest absolute Gasteiger partial charge is 0.227 e. The van der Waals surface area contributed by atoms with Crippen LogP contribution in [0.2, 0.25) is 0 Å². The first-order valence-electron chi connectivity index (χ1n) is 11.4. The van der Waals surface area contributed by atoms with Gasteiger partial charge >= 0.3 is 0 Å². The number of thiazole rings is 1. The average Bonchev–Trinajstić information content (AvgIpc) is 3.29. The topological polar surface area (TPSA) is 54.9 Å². The molecule has 6 nitrogen and oxygen atoms in total. The number of hydrogen-bond acceptors (Lipinski definition) is 6. The molecular formula is C26H31N3O3S. The molecule has 1 fully saturated rings. The summed E-state index contributed by atoms with van der Waals surface area (Å²) < 4.78 is 11.3. The van der Waals surface area contributed by atoms with Gasteiger partial charge in [0.15, 0.2) is 0 Å². The largest absolute Gasteiger partial charge is 0.486 e. The molecule has 2 heterocycles. The van der Waals surface area contributed by atoms with E-state index >= 15 is 0 Å². The zero-order valence-electron chi connectivity index (χ0n) is 19.1. The van der Waals surface area contributed by atoms with Crippen molar-refractivity contribution in [2.75, 3.05) is 39.4 Å². The standard InChI is InChI=1S/C26H31N3O3S/c1-21-6-5-9-24(16-21)32-19-25-27-23(20-33-25)18-29(11-10-28-12-14-31-15-13-28)26(30)17-22-7-3-2-4-8-22/h2-9,16,20H,10-15,17-19H2,1H3. The van der Waals surface area contributed by atoms with Crippen LogP contribution >= 0.6 is 11.3 Å². The fraction of sp³-hybridized carbons (Fsp3) is 0.385. The molecule has 0 spiro atoms. The zero-order valence-corrected chi connectivity index (χ0v) is 19.9. The molecule has 4 rings (SSSR count). The lowest BCUT2D eigenvalue weighted by molar-refractivity contribution is -0.131. The Bertz CT molecular complexity index is 1020. The van der Waals surface area contributed by atoms with E-state index < -0.39 is 0 Å². The number of aromatic nitrogens is 1. The quantitative estimate of drug-likeness (QED) is 0.454. The van der Waals surface area contributed by atoms with Gasteiger partial charge in [0.25, 0.3) is 0 Å². The Morgan fingerprint density at radius 3 is 2.76 bits per heavy atom. The second-order valence-electron chi connectivity index (χ2n) is 8.27. The van der Waals surface area contributed by atoms with Gasteiger partial charge in [-0.1, -0.05) is 42.5 Å². The van der Waals surface area contributed by atoms with Crippen molar-refractivity contribution in [1.82, 2.24) is 14.8 Å². The third-order valence-electron chi connectivity index (χ3n) is 5.64. The van der Waals surface area contributed by atoms with Crippen molar-refractivity contribution in [3.05, 3.63) is 81.8 Å². The molecule has 7 heteroatoms. The van der Waals surface area contributed by atoms with Gasteiger partial charge in [0.1, 0.15) is 17.4 Å². The monoisotopic (exact) mass is 465 g/mol.